The van der Waals surface area contributed by atoms with E-state index in [9.17, 15) is 4.79 Å². The first kappa shape index (κ1) is 15.3. The SMILES string of the molecule is O=C(c1nc(-c2ccncc2)no1)N1CCN(c2ccccn2)CC1. The molecule has 4 rings (SSSR count). The zero-order chi connectivity index (χ0) is 17.1. The number of carbonyl (C=O) groups is 1. The molecule has 1 amide bonds. The zero-order valence-electron chi connectivity index (χ0n) is 13.4. The summed E-state index contributed by atoms with van der Waals surface area (Å²) >= 11 is 0. The molecule has 3 aromatic rings. The molecule has 0 spiro atoms. The van der Waals surface area contributed by atoms with Crippen LogP contribution in [-0.2, 0) is 0 Å². The summed E-state index contributed by atoms with van der Waals surface area (Å²) in [6.45, 7) is 2.60. The van der Waals surface area contributed by atoms with Crippen molar-refractivity contribution in [3.05, 3.63) is 54.8 Å². The van der Waals surface area contributed by atoms with Crippen LogP contribution in [0.3, 0.4) is 0 Å². The third-order valence-electron chi connectivity index (χ3n) is 4.09. The normalized spacial score (nSPS) is 14.6. The largest absolute Gasteiger partial charge is 0.353 e. The molecule has 0 unspecified atom stereocenters. The molecule has 0 N–H and O–H groups in total. The molecule has 1 fully saturated rings. The van der Waals surface area contributed by atoms with E-state index < -0.39 is 0 Å². The van der Waals surface area contributed by atoms with E-state index in [-0.39, 0.29) is 11.8 Å². The average Bonchev–Trinajstić information content (AvgIpc) is 3.19. The summed E-state index contributed by atoms with van der Waals surface area (Å²) in [7, 11) is 0. The second-order valence-corrected chi connectivity index (χ2v) is 5.63. The van der Waals surface area contributed by atoms with Crippen molar-refractivity contribution in [3.8, 4) is 11.4 Å². The predicted octanol–water partition coefficient (Wildman–Crippen LogP) is 1.49. The Labute approximate surface area is 144 Å². The van der Waals surface area contributed by atoms with Crippen LogP contribution in [0.2, 0.25) is 0 Å². The highest BCUT2D eigenvalue weighted by Crippen LogP contribution is 2.17. The maximum Gasteiger partial charge on any atom is 0.316 e. The lowest BCUT2D eigenvalue weighted by Crippen LogP contribution is -2.49. The molecule has 126 valence electrons. The molecular weight excluding hydrogens is 320 g/mol. The highest BCUT2D eigenvalue weighted by Gasteiger charge is 2.26. The second kappa shape index (κ2) is 6.68. The van der Waals surface area contributed by atoms with Crippen molar-refractivity contribution in [1.29, 1.82) is 0 Å². The van der Waals surface area contributed by atoms with Gasteiger partial charge in [0.25, 0.3) is 0 Å². The summed E-state index contributed by atoms with van der Waals surface area (Å²) in [6.07, 6.45) is 5.06. The van der Waals surface area contributed by atoms with E-state index in [1.807, 2.05) is 18.2 Å². The monoisotopic (exact) mass is 336 g/mol. The molecule has 1 aliphatic heterocycles. The van der Waals surface area contributed by atoms with Crippen LogP contribution < -0.4 is 4.90 Å². The van der Waals surface area contributed by atoms with Crippen LogP contribution in [0.25, 0.3) is 11.4 Å². The lowest BCUT2D eigenvalue weighted by molar-refractivity contribution is 0.0696. The Bertz CT molecular complexity index is 844. The first-order valence-corrected chi connectivity index (χ1v) is 8.00. The summed E-state index contributed by atoms with van der Waals surface area (Å²) in [5.74, 6) is 1.08. The molecule has 0 radical (unpaired) electrons. The minimum Gasteiger partial charge on any atom is -0.353 e. The van der Waals surface area contributed by atoms with Gasteiger partial charge in [-0.3, -0.25) is 9.78 Å². The molecule has 1 saturated heterocycles. The van der Waals surface area contributed by atoms with Gasteiger partial charge in [0.15, 0.2) is 0 Å². The molecule has 0 aromatic carbocycles. The van der Waals surface area contributed by atoms with E-state index >= 15 is 0 Å². The number of aromatic nitrogens is 4. The summed E-state index contributed by atoms with van der Waals surface area (Å²) < 4.78 is 5.15. The summed E-state index contributed by atoms with van der Waals surface area (Å²) in [5.41, 5.74) is 0.762. The van der Waals surface area contributed by atoms with Gasteiger partial charge in [-0.05, 0) is 24.3 Å². The van der Waals surface area contributed by atoms with Gasteiger partial charge in [0.05, 0.1) is 0 Å². The third-order valence-corrected chi connectivity index (χ3v) is 4.09. The number of hydrogen-bond acceptors (Lipinski definition) is 7. The van der Waals surface area contributed by atoms with Gasteiger partial charge in [0.1, 0.15) is 5.82 Å². The van der Waals surface area contributed by atoms with Gasteiger partial charge in [0, 0.05) is 50.3 Å². The zero-order valence-corrected chi connectivity index (χ0v) is 13.4. The number of anilines is 1. The molecule has 3 aromatic heterocycles. The Morgan fingerprint density at radius 2 is 1.80 bits per heavy atom. The van der Waals surface area contributed by atoms with Gasteiger partial charge < -0.3 is 14.3 Å². The van der Waals surface area contributed by atoms with E-state index in [1.165, 1.54) is 0 Å². The number of rotatable bonds is 3. The Hall–Kier alpha value is -3.29. The minimum atomic E-state index is -0.242. The van der Waals surface area contributed by atoms with Gasteiger partial charge in [-0.15, -0.1) is 0 Å². The van der Waals surface area contributed by atoms with E-state index in [0.29, 0.717) is 32.0 Å². The second-order valence-electron chi connectivity index (χ2n) is 5.63. The lowest BCUT2D eigenvalue weighted by Gasteiger charge is -2.34. The summed E-state index contributed by atoms with van der Waals surface area (Å²) in [6, 6.07) is 9.35. The van der Waals surface area contributed by atoms with Crippen LogP contribution >= 0.6 is 0 Å². The summed E-state index contributed by atoms with van der Waals surface area (Å²) in [5, 5.41) is 3.88. The molecular formula is C17H16N6O2. The predicted molar refractivity (Wildman–Crippen MR) is 89.9 cm³/mol. The fraction of sp³-hybridized carbons (Fsp3) is 0.235. The van der Waals surface area contributed by atoms with E-state index in [2.05, 4.69) is 25.0 Å². The number of pyridine rings is 2. The summed E-state index contributed by atoms with van der Waals surface area (Å²) in [4.78, 5) is 29.0. The Morgan fingerprint density at radius 3 is 2.52 bits per heavy atom. The van der Waals surface area contributed by atoms with Crippen molar-refractivity contribution in [2.24, 2.45) is 0 Å². The van der Waals surface area contributed by atoms with Crippen molar-refractivity contribution >= 4 is 11.7 Å². The van der Waals surface area contributed by atoms with Crippen LogP contribution in [0.5, 0.6) is 0 Å². The maximum atomic E-state index is 12.6. The van der Waals surface area contributed by atoms with E-state index in [1.54, 1.807) is 35.6 Å². The molecule has 8 heteroatoms. The molecule has 25 heavy (non-hydrogen) atoms. The van der Waals surface area contributed by atoms with Crippen molar-refractivity contribution in [2.75, 3.05) is 31.1 Å². The van der Waals surface area contributed by atoms with E-state index in [0.717, 1.165) is 11.4 Å². The van der Waals surface area contributed by atoms with Gasteiger partial charge in [-0.2, -0.15) is 4.98 Å². The molecule has 0 aliphatic carbocycles. The van der Waals surface area contributed by atoms with Crippen LogP contribution in [0.1, 0.15) is 10.7 Å². The van der Waals surface area contributed by atoms with Gasteiger partial charge in [-0.25, -0.2) is 4.98 Å². The Morgan fingerprint density at radius 1 is 1.00 bits per heavy atom. The van der Waals surface area contributed by atoms with Gasteiger partial charge >= 0.3 is 11.8 Å². The number of amides is 1. The van der Waals surface area contributed by atoms with Crippen molar-refractivity contribution in [2.45, 2.75) is 0 Å². The van der Waals surface area contributed by atoms with Crippen LogP contribution in [-0.4, -0.2) is 57.1 Å². The molecule has 0 atom stereocenters. The highest BCUT2D eigenvalue weighted by molar-refractivity contribution is 5.90. The number of piperazine rings is 1. The van der Waals surface area contributed by atoms with Crippen molar-refractivity contribution in [3.63, 3.8) is 0 Å². The topological polar surface area (TPSA) is 88.2 Å². The molecule has 4 heterocycles. The number of nitrogens with zero attached hydrogens (tertiary/aromatic N) is 6. The smallest absolute Gasteiger partial charge is 0.316 e. The molecule has 1 aliphatic rings. The minimum absolute atomic E-state index is 0.0121. The Kier molecular flexibility index (Phi) is 4.07. The van der Waals surface area contributed by atoms with Gasteiger partial charge in [-0.1, -0.05) is 11.2 Å². The highest BCUT2D eigenvalue weighted by atomic mass is 16.5. The number of hydrogen-bond donors (Lipinski definition) is 0. The number of carbonyl (C=O) groups excluding carboxylic acids is 1. The third kappa shape index (κ3) is 3.18. The average molecular weight is 336 g/mol. The van der Waals surface area contributed by atoms with Crippen LogP contribution in [0.15, 0.2) is 53.4 Å². The van der Waals surface area contributed by atoms with E-state index in [4.69, 9.17) is 4.52 Å². The van der Waals surface area contributed by atoms with Crippen LogP contribution in [0.4, 0.5) is 5.82 Å². The van der Waals surface area contributed by atoms with Crippen molar-refractivity contribution in [1.82, 2.24) is 25.0 Å². The van der Waals surface area contributed by atoms with Crippen LogP contribution in [0, 0.1) is 0 Å². The standard InChI is InChI=1S/C17H16N6O2/c24-17(16-20-15(21-25-16)13-4-7-18-8-5-13)23-11-9-22(10-12-23)14-3-1-2-6-19-14/h1-8H,9-12H2. The molecule has 0 saturated carbocycles. The maximum absolute atomic E-state index is 12.6. The molecule has 8 nitrogen and oxygen atoms in total. The first-order valence-electron chi connectivity index (χ1n) is 8.00. The Balaban J connectivity index is 1.42. The first-order chi connectivity index (χ1) is 12.3. The fourth-order valence-electron chi connectivity index (χ4n) is 2.74. The lowest BCUT2D eigenvalue weighted by atomic mass is 10.2. The fourth-order valence-corrected chi connectivity index (χ4v) is 2.74. The quantitative estimate of drug-likeness (QED) is 0.716. The molecule has 0 bridgehead atoms. The van der Waals surface area contributed by atoms with Gasteiger partial charge in [0.2, 0.25) is 5.82 Å². The van der Waals surface area contributed by atoms with Crippen molar-refractivity contribution < 1.29 is 9.32 Å².